The van der Waals surface area contributed by atoms with Crippen molar-refractivity contribution in [1.82, 2.24) is 9.78 Å². The third-order valence-corrected chi connectivity index (χ3v) is 3.53. The van der Waals surface area contributed by atoms with E-state index in [9.17, 15) is 0 Å². The summed E-state index contributed by atoms with van der Waals surface area (Å²) in [5, 5.41) is 4.66. The van der Waals surface area contributed by atoms with Gasteiger partial charge in [-0.05, 0) is 44.1 Å². The van der Waals surface area contributed by atoms with Gasteiger partial charge < -0.3 is 5.73 Å². The van der Waals surface area contributed by atoms with Gasteiger partial charge in [-0.25, -0.2) is 0 Å². The lowest BCUT2D eigenvalue weighted by molar-refractivity contribution is 0.422. The van der Waals surface area contributed by atoms with Crippen LogP contribution in [0.25, 0.3) is 0 Å². The minimum atomic E-state index is 0.309. The minimum absolute atomic E-state index is 0.309. The van der Waals surface area contributed by atoms with Crippen LogP contribution in [0.4, 0.5) is 0 Å². The number of hydrogen-bond acceptors (Lipinski definition) is 2. The Balaban J connectivity index is 2.44. The van der Waals surface area contributed by atoms with Crippen molar-refractivity contribution >= 4 is 0 Å². The SMILES string of the molecule is CCC(CC)n1ccc(CCC(N)CC(C)C)n1. The first-order valence-electron chi connectivity index (χ1n) is 7.36. The Hall–Kier alpha value is -0.830. The van der Waals surface area contributed by atoms with Crippen LogP contribution in [0.2, 0.25) is 0 Å². The van der Waals surface area contributed by atoms with Crippen LogP contribution in [0.1, 0.15) is 65.1 Å². The molecular formula is C15H29N3. The van der Waals surface area contributed by atoms with Gasteiger partial charge in [0.15, 0.2) is 0 Å². The van der Waals surface area contributed by atoms with Crippen LogP contribution in [0.15, 0.2) is 12.3 Å². The Morgan fingerprint density at radius 3 is 2.50 bits per heavy atom. The van der Waals surface area contributed by atoms with E-state index >= 15 is 0 Å². The van der Waals surface area contributed by atoms with Crippen molar-refractivity contribution in [2.75, 3.05) is 0 Å². The van der Waals surface area contributed by atoms with Gasteiger partial charge in [-0.15, -0.1) is 0 Å². The molecule has 0 bridgehead atoms. The summed E-state index contributed by atoms with van der Waals surface area (Å²) in [5.74, 6) is 0.683. The van der Waals surface area contributed by atoms with Crippen molar-refractivity contribution in [3.63, 3.8) is 0 Å². The van der Waals surface area contributed by atoms with Crippen molar-refractivity contribution in [3.05, 3.63) is 18.0 Å². The molecule has 0 radical (unpaired) electrons. The molecule has 1 heterocycles. The zero-order valence-corrected chi connectivity index (χ0v) is 12.4. The molecule has 0 fully saturated rings. The number of rotatable bonds is 8. The molecule has 18 heavy (non-hydrogen) atoms. The minimum Gasteiger partial charge on any atom is -0.328 e. The molecule has 1 aromatic rings. The van der Waals surface area contributed by atoms with E-state index in [0.29, 0.717) is 18.0 Å². The molecule has 0 spiro atoms. The van der Waals surface area contributed by atoms with Gasteiger partial charge in [-0.2, -0.15) is 5.10 Å². The average molecular weight is 251 g/mol. The number of nitrogens with two attached hydrogens (primary N) is 1. The van der Waals surface area contributed by atoms with Gasteiger partial charge in [-0.1, -0.05) is 27.7 Å². The van der Waals surface area contributed by atoms with Gasteiger partial charge in [0.25, 0.3) is 0 Å². The summed E-state index contributed by atoms with van der Waals surface area (Å²) in [6.45, 7) is 8.88. The van der Waals surface area contributed by atoms with Gasteiger partial charge >= 0.3 is 0 Å². The molecular weight excluding hydrogens is 222 g/mol. The van der Waals surface area contributed by atoms with Crippen molar-refractivity contribution < 1.29 is 0 Å². The Labute approximate surface area is 112 Å². The van der Waals surface area contributed by atoms with Crippen LogP contribution in [0, 0.1) is 5.92 Å². The molecule has 0 amide bonds. The molecule has 0 aliphatic rings. The molecule has 2 N–H and O–H groups in total. The maximum Gasteiger partial charge on any atom is 0.0625 e. The fraction of sp³-hybridized carbons (Fsp3) is 0.800. The lowest BCUT2D eigenvalue weighted by Gasteiger charge is -2.14. The highest BCUT2D eigenvalue weighted by molar-refractivity contribution is 5.00. The molecule has 3 nitrogen and oxygen atoms in total. The molecule has 1 rings (SSSR count). The van der Waals surface area contributed by atoms with Crippen molar-refractivity contribution in [3.8, 4) is 0 Å². The van der Waals surface area contributed by atoms with Gasteiger partial charge in [0.05, 0.1) is 11.7 Å². The standard InChI is InChI=1S/C15H29N3/c1-5-15(6-2)18-10-9-14(17-18)8-7-13(16)11-12(3)4/h9-10,12-13,15H,5-8,11,16H2,1-4H3. The smallest absolute Gasteiger partial charge is 0.0625 e. The van der Waals surface area contributed by atoms with E-state index in [-0.39, 0.29) is 0 Å². The molecule has 0 saturated carbocycles. The maximum atomic E-state index is 6.11. The molecule has 0 aromatic carbocycles. The van der Waals surface area contributed by atoms with E-state index in [0.717, 1.165) is 32.1 Å². The molecule has 104 valence electrons. The Bertz CT molecular complexity index is 326. The lowest BCUT2D eigenvalue weighted by Crippen LogP contribution is -2.22. The predicted octanol–water partition coefficient (Wildman–Crippen LogP) is 3.55. The van der Waals surface area contributed by atoms with Gasteiger partial charge in [-0.3, -0.25) is 4.68 Å². The summed E-state index contributed by atoms with van der Waals surface area (Å²) < 4.78 is 2.11. The van der Waals surface area contributed by atoms with Gasteiger partial charge in [0.2, 0.25) is 0 Å². The number of nitrogens with zero attached hydrogens (tertiary/aromatic N) is 2. The van der Waals surface area contributed by atoms with E-state index in [1.807, 2.05) is 0 Å². The monoisotopic (exact) mass is 251 g/mol. The summed E-state index contributed by atoms with van der Waals surface area (Å²) in [5.41, 5.74) is 7.29. The van der Waals surface area contributed by atoms with E-state index in [1.54, 1.807) is 0 Å². The summed E-state index contributed by atoms with van der Waals surface area (Å²) in [6, 6.07) is 2.99. The molecule has 0 aliphatic carbocycles. The molecule has 3 heteroatoms. The topological polar surface area (TPSA) is 43.8 Å². The molecule has 1 atom stereocenters. The summed E-state index contributed by atoms with van der Waals surface area (Å²) >= 11 is 0. The van der Waals surface area contributed by atoms with Crippen molar-refractivity contribution in [1.29, 1.82) is 0 Å². The van der Waals surface area contributed by atoms with Crippen LogP contribution >= 0.6 is 0 Å². The van der Waals surface area contributed by atoms with Crippen molar-refractivity contribution in [2.45, 2.75) is 71.9 Å². The zero-order chi connectivity index (χ0) is 13.5. The van der Waals surface area contributed by atoms with Crippen LogP contribution < -0.4 is 5.73 Å². The second kappa shape index (κ2) is 7.57. The summed E-state index contributed by atoms with van der Waals surface area (Å²) in [7, 11) is 0. The van der Waals surface area contributed by atoms with E-state index in [4.69, 9.17) is 5.73 Å². The number of aromatic nitrogens is 2. The quantitative estimate of drug-likeness (QED) is 0.768. The zero-order valence-electron chi connectivity index (χ0n) is 12.4. The maximum absolute atomic E-state index is 6.11. The van der Waals surface area contributed by atoms with Crippen molar-refractivity contribution in [2.24, 2.45) is 11.7 Å². The summed E-state index contributed by atoms with van der Waals surface area (Å²) in [6.07, 6.45) is 7.54. The first-order chi connectivity index (χ1) is 8.56. The second-order valence-electron chi connectivity index (χ2n) is 5.69. The van der Waals surface area contributed by atoms with Crippen LogP contribution in [0.5, 0.6) is 0 Å². The first kappa shape index (κ1) is 15.2. The number of aryl methyl sites for hydroxylation is 1. The highest BCUT2D eigenvalue weighted by atomic mass is 15.3. The van der Waals surface area contributed by atoms with E-state index in [2.05, 4.69) is 49.7 Å². The average Bonchev–Trinajstić information content (AvgIpc) is 2.76. The Morgan fingerprint density at radius 2 is 1.94 bits per heavy atom. The second-order valence-corrected chi connectivity index (χ2v) is 5.69. The van der Waals surface area contributed by atoms with E-state index in [1.165, 1.54) is 5.69 Å². The van der Waals surface area contributed by atoms with E-state index < -0.39 is 0 Å². The highest BCUT2D eigenvalue weighted by Crippen LogP contribution is 2.15. The molecule has 0 saturated heterocycles. The largest absolute Gasteiger partial charge is 0.328 e. The number of hydrogen-bond donors (Lipinski definition) is 1. The fourth-order valence-corrected chi connectivity index (χ4v) is 2.43. The third-order valence-electron chi connectivity index (χ3n) is 3.53. The van der Waals surface area contributed by atoms with Crippen LogP contribution in [-0.4, -0.2) is 15.8 Å². The molecule has 1 unspecified atom stereocenters. The summed E-state index contributed by atoms with van der Waals surface area (Å²) in [4.78, 5) is 0. The third kappa shape index (κ3) is 4.81. The first-order valence-corrected chi connectivity index (χ1v) is 7.36. The van der Waals surface area contributed by atoms with Crippen LogP contribution in [-0.2, 0) is 6.42 Å². The lowest BCUT2D eigenvalue weighted by atomic mass is 10.00. The molecule has 0 aliphatic heterocycles. The molecule has 1 aromatic heterocycles. The predicted molar refractivity (Wildman–Crippen MR) is 77.6 cm³/mol. The fourth-order valence-electron chi connectivity index (χ4n) is 2.43. The van der Waals surface area contributed by atoms with Crippen LogP contribution in [0.3, 0.4) is 0 Å². The normalized spacial score (nSPS) is 13.5. The van der Waals surface area contributed by atoms with Gasteiger partial charge in [0, 0.05) is 12.2 Å². The Kier molecular flexibility index (Phi) is 6.41. The Morgan fingerprint density at radius 1 is 1.28 bits per heavy atom. The highest BCUT2D eigenvalue weighted by Gasteiger charge is 2.10. The van der Waals surface area contributed by atoms with Gasteiger partial charge in [0.1, 0.15) is 0 Å².